The van der Waals surface area contributed by atoms with Gasteiger partial charge in [0.05, 0.1) is 5.69 Å². The number of aryl methyl sites for hydroxylation is 1. The number of nitrogens with one attached hydrogen (secondary N) is 1. The lowest BCUT2D eigenvalue weighted by atomic mass is 10.1. The second-order valence-electron chi connectivity index (χ2n) is 4.77. The molecule has 0 aliphatic rings. The van der Waals surface area contributed by atoms with Crippen LogP contribution in [0, 0.1) is 6.92 Å². The highest BCUT2D eigenvalue weighted by molar-refractivity contribution is 7.10. The number of aromatic nitrogens is 1. The Morgan fingerprint density at radius 2 is 1.91 bits per heavy atom. The number of anilines is 2. The van der Waals surface area contributed by atoms with Gasteiger partial charge in [-0.3, -0.25) is 9.59 Å². The van der Waals surface area contributed by atoms with Crippen LogP contribution >= 0.6 is 11.5 Å². The fourth-order valence-electron chi connectivity index (χ4n) is 1.82. The minimum atomic E-state index is -0.684. The number of esters is 1. The van der Waals surface area contributed by atoms with Crippen LogP contribution < -0.4 is 11.1 Å². The van der Waals surface area contributed by atoms with Crippen LogP contribution in [0.25, 0.3) is 0 Å². The van der Waals surface area contributed by atoms with Crippen molar-refractivity contribution in [1.29, 1.82) is 0 Å². The number of amides is 1. The fraction of sp³-hybridized carbons (Fsp3) is 0.200. The zero-order chi connectivity index (χ0) is 17.0. The van der Waals surface area contributed by atoms with E-state index in [-0.39, 0.29) is 16.3 Å². The third kappa shape index (κ3) is 4.13. The van der Waals surface area contributed by atoms with Crippen molar-refractivity contribution in [3.05, 3.63) is 41.1 Å². The van der Waals surface area contributed by atoms with Gasteiger partial charge < -0.3 is 15.8 Å². The van der Waals surface area contributed by atoms with E-state index >= 15 is 0 Å². The Bertz CT molecular complexity index is 733. The first-order valence-electron chi connectivity index (χ1n) is 6.68. The van der Waals surface area contributed by atoms with Crippen LogP contribution in [-0.4, -0.2) is 28.6 Å². The number of nitrogens with zero attached hydrogens (tertiary/aromatic N) is 1. The third-order valence-corrected chi connectivity index (χ3v) is 3.77. The van der Waals surface area contributed by atoms with Crippen molar-refractivity contribution < 1.29 is 19.1 Å². The molecule has 7 nitrogen and oxygen atoms in total. The van der Waals surface area contributed by atoms with E-state index in [2.05, 4.69) is 9.69 Å². The Labute approximate surface area is 136 Å². The Morgan fingerprint density at radius 1 is 1.26 bits per heavy atom. The fourth-order valence-corrected chi connectivity index (χ4v) is 2.47. The van der Waals surface area contributed by atoms with E-state index in [4.69, 9.17) is 10.5 Å². The van der Waals surface area contributed by atoms with E-state index in [1.807, 2.05) is 0 Å². The van der Waals surface area contributed by atoms with Crippen LogP contribution in [0.4, 0.5) is 10.7 Å². The Hall–Kier alpha value is -2.74. The molecule has 1 aromatic carbocycles. The van der Waals surface area contributed by atoms with Crippen molar-refractivity contribution in [3.8, 4) is 0 Å². The maximum absolute atomic E-state index is 11.9. The minimum absolute atomic E-state index is 0.0610. The lowest BCUT2D eigenvalue weighted by Gasteiger charge is -2.07. The molecule has 3 N–H and O–H groups in total. The van der Waals surface area contributed by atoms with Gasteiger partial charge in [-0.15, -0.1) is 0 Å². The summed E-state index contributed by atoms with van der Waals surface area (Å²) in [5.41, 5.74) is 7.35. The summed E-state index contributed by atoms with van der Waals surface area (Å²) in [7, 11) is 0. The van der Waals surface area contributed by atoms with Gasteiger partial charge in [0, 0.05) is 11.3 Å². The lowest BCUT2D eigenvalue weighted by Crippen LogP contribution is -2.21. The SMILES string of the molecule is CC(=O)c1ccc(NC(=O)COC(=O)c2c(C)nsc2N)cc1. The summed E-state index contributed by atoms with van der Waals surface area (Å²) >= 11 is 0.999. The zero-order valence-corrected chi connectivity index (χ0v) is 13.4. The van der Waals surface area contributed by atoms with E-state index in [1.54, 1.807) is 31.2 Å². The molecule has 0 radical (unpaired) electrons. The van der Waals surface area contributed by atoms with E-state index < -0.39 is 18.5 Å². The number of nitrogen functional groups attached to an aromatic ring is 1. The molecule has 23 heavy (non-hydrogen) atoms. The van der Waals surface area contributed by atoms with Crippen LogP contribution in [0.5, 0.6) is 0 Å². The monoisotopic (exact) mass is 333 g/mol. The van der Waals surface area contributed by atoms with Gasteiger partial charge in [-0.2, -0.15) is 4.37 Å². The van der Waals surface area contributed by atoms with E-state index in [0.717, 1.165) is 11.5 Å². The van der Waals surface area contributed by atoms with Crippen LogP contribution in [0.1, 0.15) is 33.3 Å². The number of hydrogen-bond donors (Lipinski definition) is 2. The van der Waals surface area contributed by atoms with Crippen LogP contribution in [-0.2, 0) is 9.53 Å². The van der Waals surface area contributed by atoms with Crippen molar-refractivity contribution in [1.82, 2.24) is 4.37 Å². The van der Waals surface area contributed by atoms with Gasteiger partial charge in [0.2, 0.25) is 0 Å². The van der Waals surface area contributed by atoms with Gasteiger partial charge in [0.1, 0.15) is 10.6 Å². The number of ketones is 1. The number of benzene rings is 1. The summed E-state index contributed by atoms with van der Waals surface area (Å²) < 4.78 is 8.87. The first-order chi connectivity index (χ1) is 10.9. The zero-order valence-electron chi connectivity index (χ0n) is 12.6. The summed E-state index contributed by atoms with van der Waals surface area (Å²) in [6, 6.07) is 6.40. The Balaban J connectivity index is 1.90. The maximum Gasteiger partial charge on any atom is 0.343 e. The number of nitrogens with two attached hydrogens (primary N) is 1. The van der Waals surface area contributed by atoms with Gasteiger partial charge in [0.25, 0.3) is 5.91 Å². The van der Waals surface area contributed by atoms with Crippen molar-refractivity contribution in [3.63, 3.8) is 0 Å². The predicted molar refractivity (Wildman–Crippen MR) is 86.6 cm³/mol. The summed E-state index contributed by atoms with van der Waals surface area (Å²) in [6.07, 6.45) is 0. The molecule has 1 aromatic heterocycles. The summed E-state index contributed by atoms with van der Waals surface area (Å²) in [4.78, 5) is 34.8. The van der Waals surface area contributed by atoms with Crippen molar-refractivity contribution >= 4 is 39.9 Å². The van der Waals surface area contributed by atoms with Gasteiger partial charge >= 0.3 is 5.97 Å². The molecule has 0 atom stereocenters. The molecule has 1 amide bonds. The second-order valence-corrected chi connectivity index (χ2v) is 5.57. The molecule has 8 heteroatoms. The van der Waals surface area contributed by atoms with Crippen LogP contribution in [0.2, 0.25) is 0 Å². The molecule has 120 valence electrons. The molecule has 0 saturated heterocycles. The standard InChI is InChI=1S/C15H15N3O4S/c1-8-13(14(16)23-18-8)15(21)22-7-12(20)17-11-5-3-10(4-6-11)9(2)19/h3-6H,7,16H2,1-2H3,(H,17,20). The largest absolute Gasteiger partial charge is 0.452 e. The van der Waals surface area contributed by atoms with Gasteiger partial charge in [-0.25, -0.2) is 4.79 Å². The number of carbonyl (C=O) groups is 3. The molecule has 0 aliphatic heterocycles. The average Bonchev–Trinajstić information content (AvgIpc) is 2.84. The third-order valence-electron chi connectivity index (χ3n) is 3.00. The predicted octanol–water partition coefficient (Wildman–Crippen LogP) is 2.03. The first kappa shape index (κ1) is 16.6. The number of rotatable bonds is 5. The highest BCUT2D eigenvalue weighted by Crippen LogP contribution is 2.21. The molecule has 0 fully saturated rings. The summed E-state index contributed by atoms with van der Waals surface area (Å²) in [5, 5.41) is 2.82. The second kappa shape index (κ2) is 7.01. The normalized spacial score (nSPS) is 10.2. The van der Waals surface area contributed by atoms with E-state index in [0.29, 0.717) is 16.9 Å². The molecule has 0 bridgehead atoms. The molecular formula is C15H15N3O4S. The molecule has 2 aromatic rings. The van der Waals surface area contributed by atoms with Crippen LogP contribution in [0.15, 0.2) is 24.3 Å². The van der Waals surface area contributed by atoms with Crippen molar-refractivity contribution in [2.75, 3.05) is 17.7 Å². The molecule has 0 saturated carbocycles. The maximum atomic E-state index is 11.9. The Kier molecular flexibility index (Phi) is 5.07. The first-order valence-corrected chi connectivity index (χ1v) is 7.45. The number of hydrogen-bond acceptors (Lipinski definition) is 7. The lowest BCUT2D eigenvalue weighted by molar-refractivity contribution is -0.119. The summed E-state index contributed by atoms with van der Waals surface area (Å²) in [6.45, 7) is 2.65. The molecular weight excluding hydrogens is 318 g/mol. The molecule has 0 aliphatic carbocycles. The molecule has 0 unspecified atom stereocenters. The van der Waals surface area contributed by atoms with Gasteiger partial charge in [-0.05, 0) is 49.6 Å². The van der Waals surface area contributed by atoms with E-state index in [9.17, 15) is 14.4 Å². The topological polar surface area (TPSA) is 111 Å². The van der Waals surface area contributed by atoms with Gasteiger partial charge in [-0.1, -0.05) is 0 Å². The van der Waals surface area contributed by atoms with Crippen LogP contribution in [0.3, 0.4) is 0 Å². The van der Waals surface area contributed by atoms with Gasteiger partial charge in [0.15, 0.2) is 12.4 Å². The number of carbonyl (C=O) groups excluding carboxylic acids is 3. The van der Waals surface area contributed by atoms with Crippen molar-refractivity contribution in [2.45, 2.75) is 13.8 Å². The van der Waals surface area contributed by atoms with Crippen molar-refractivity contribution in [2.24, 2.45) is 0 Å². The smallest absolute Gasteiger partial charge is 0.343 e. The quantitative estimate of drug-likeness (QED) is 0.640. The minimum Gasteiger partial charge on any atom is -0.452 e. The summed E-state index contributed by atoms with van der Waals surface area (Å²) in [5.74, 6) is -1.24. The highest BCUT2D eigenvalue weighted by Gasteiger charge is 2.19. The Morgan fingerprint density at radius 3 is 2.43 bits per heavy atom. The molecule has 0 spiro atoms. The van der Waals surface area contributed by atoms with E-state index in [1.165, 1.54) is 6.92 Å². The molecule has 1 heterocycles. The average molecular weight is 333 g/mol. The molecule has 2 rings (SSSR count). The highest BCUT2D eigenvalue weighted by atomic mass is 32.1. The number of Topliss-reactive ketones (excluding diaryl/α,β-unsaturated/α-hetero) is 1. The number of ether oxygens (including phenoxy) is 1.